The second-order valence-electron chi connectivity index (χ2n) is 24.9. The van der Waals surface area contributed by atoms with Crippen LogP contribution in [0.2, 0.25) is 0 Å². The van der Waals surface area contributed by atoms with E-state index in [1.54, 1.807) is 25.2 Å². The number of likely N-dealkylation sites (N-methyl/N-ethyl adjacent to an activating group) is 3. The van der Waals surface area contributed by atoms with Crippen molar-refractivity contribution in [3.63, 3.8) is 0 Å². The van der Waals surface area contributed by atoms with Crippen LogP contribution in [0.1, 0.15) is 186 Å². The van der Waals surface area contributed by atoms with Gasteiger partial charge in [-0.3, -0.25) is 29.1 Å². The number of hydrogen-bond acceptors (Lipinski definition) is 17. The Morgan fingerprint density at radius 1 is 0.736 bits per heavy atom. The molecule has 3 heterocycles. The smallest absolute Gasteiger partial charge is 0.338 e. The quantitative estimate of drug-likeness (QED) is 0.0325. The van der Waals surface area contributed by atoms with E-state index in [4.69, 9.17) is 9.47 Å². The van der Waals surface area contributed by atoms with Gasteiger partial charge in [0.1, 0.15) is 47.7 Å². The summed E-state index contributed by atoms with van der Waals surface area (Å²) in [6.07, 6.45) is 4.88. The number of halogens is 2. The molecule has 21 heteroatoms. The van der Waals surface area contributed by atoms with Gasteiger partial charge in [0.05, 0.1) is 22.5 Å². The molecule has 0 aromatic heterocycles. The van der Waals surface area contributed by atoms with Crippen LogP contribution in [0.4, 0.5) is 31.5 Å². The van der Waals surface area contributed by atoms with Crippen LogP contribution in [0.5, 0.6) is 0 Å². The first kappa shape index (κ1) is 75.7. The van der Waals surface area contributed by atoms with E-state index in [-0.39, 0.29) is 48.0 Å². The van der Waals surface area contributed by atoms with Crippen LogP contribution >= 0.6 is 0 Å². The molecule has 2 amide bonds. The topological polar surface area (TPSA) is 222 Å². The first-order chi connectivity index (χ1) is 43.1. The van der Waals surface area contributed by atoms with Crippen LogP contribution in [0, 0.1) is 17.6 Å². The maximum atomic E-state index is 15.4. The second-order valence-corrected chi connectivity index (χ2v) is 24.9. The van der Waals surface area contributed by atoms with Gasteiger partial charge in [-0.2, -0.15) is 0 Å². The summed E-state index contributed by atoms with van der Waals surface area (Å²) < 4.78 is 40.2. The lowest BCUT2D eigenvalue weighted by atomic mass is 9.95. The number of nitrogens with zero attached hydrogens (tertiary/aromatic N) is 5. The van der Waals surface area contributed by atoms with Crippen molar-refractivity contribution in [1.29, 1.82) is 0 Å². The average molecular weight is 1270 g/mol. The number of aliphatic hydroxyl groups is 1. The summed E-state index contributed by atoms with van der Waals surface area (Å²) in [7, 11) is 5.12. The molecule has 0 bridgehead atoms. The van der Waals surface area contributed by atoms with E-state index in [2.05, 4.69) is 51.5 Å². The Morgan fingerprint density at radius 3 is 1.77 bits per heavy atom. The Balaban J connectivity index is 0.000000334. The number of ether oxygens (including phenoxy) is 2. The first-order valence-electron chi connectivity index (χ1n) is 31.8. The van der Waals surface area contributed by atoms with Gasteiger partial charge in [0.25, 0.3) is 5.91 Å². The fraction of sp³-hybridized carbons (Fsp3) is 0.529. The van der Waals surface area contributed by atoms with Gasteiger partial charge in [0.2, 0.25) is 5.91 Å². The van der Waals surface area contributed by atoms with Crippen LogP contribution in [0.15, 0.2) is 85.1 Å². The van der Waals surface area contributed by atoms with Crippen molar-refractivity contribution >= 4 is 65.4 Å². The molecule has 4 aromatic carbocycles. The molecular formula is C70H101F2N9O10. The third-order valence-electron chi connectivity index (χ3n) is 15.7. The molecule has 4 atom stereocenters. The van der Waals surface area contributed by atoms with Crippen LogP contribution in [-0.2, 0) is 23.9 Å². The molecule has 2 saturated heterocycles. The highest BCUT2D eigenvalue weighted by Gasteiger charge is 2.43. The lowest BCUT2D eigenvalue weighted by molar-refractivity contribution is -0.129. The zero-order valence-corrected chi connectivity index (χ0v) is 56.2. The lowest BCUT2D eigenvalue weighted by Gasteiger charge is -2.40. The van der Waals surface area contributed by atoms with Crippen molar-refractivity contribution in [3.8, 4) is 0 Å². The van der Waals surface area contributed by atoms with E-state index in [1.165, 1.54) is 31.7 Å². The van der Waals surface area contributed by atoms with Gasteiger partial charge < -0.3 is 55.2 Å². The van der Waals surface area contributed by atoms with E-state index in [9.17, 15) is 43.1 Å². The second kappa shape index (κ2) is 36.3. The molecule has 4 unspecified atom stereocenters. The Morgan fingerprint density at radius 2 is 1.27 bits per heavy atom. The predicted molar refractivity (Wildman–Crippen MR) is 357 cm³/mol. The number of piperidine rings is 1. The monoisotopic (exact) mass is 1270 g/mol. The van der Waals surface area contributed by atoms with Crippen LogP contribution in [-0.4, -0.2) is 166 Å². The van der Waals surface area contributed by atoms with E-state index >= 15 is 4.39 Å². The maximum absolute atomic E-state index is 15.4. The number of hydrogen-bond donors (Lipinski definition) is 5. The van der Waals surface area contributed by atoms with E-state index in [0.29, 0.717) is 79.0 Å². The third kappa shape index (κ3) is 22.3. The van der Waals surface area contributed by atoms with Gasteiger partial charge in [-0.25, -0.2) is 18.4 Å². The standard InChI is InChI=1S/C35H46FN5O6.C19H28FN3O2.C13H19NO2.C3H8/c1-35(2,3)47-34(46)24-7-9-25(10-8-24)39-17-15-38(16-18-39)22-23-11-13-40(14-12-23)30-21-27-26(20-28(30)36)32(44)41(33(27)45)29(6-5-19-42)31(43)37-4;1-6-22-18-11-16(15(12-25)10-17(18)20)14(3)23(5)19(8-7-9-24)13(2)21-4;1-5-14-11-8-6-10(7-9-11)12(15)16-13(2,3)4;1-3-2/h7-10,19-21,23,29,32,44H,5-6,11-18,22H2,1-4H3,(H,37,43);9-12,14,19,21-22H,2,6-8H2,1,3-5H3;6-9,14H,5H2,1-4H3;3H2,1-2H3. The largest absolute Gasteiger partial charge is 0.456 e. The number of aldehydes is 3. The van der Waals surface area contributed by atoms with Crippen molar-refractivity contribution in [1.82, 2.24) is 25.3 Å². The Labute approximate surface area is 538 Å². The van der Waals surface area contributed by atoms with Crippen LogP contribution in [0.25, 0.3) is 0 Å². The van der Waals surface area contributed by atoms with Crippen molar-refractivity contribution in [2.45, 2.75) is 157 Å². The van der Waals surface area contributed by atoms with Gasteiger partial charge in [0, 0.05) is 132 Å². The summed E-state index contributed by atoms with van der Waals surface area (Å²) >= 11 is 0. The minimum Gasteiger partial charge on any atom is -0.456 e. The Bertz CT molecular complexity index is 3030. The van der Waals surface area contributed by atoms with E-state index < -0.39 is 46.9 Å². The number of nitrogens with one attached hydrogen (secondary N) is 4. The van der Waals surface area contributed by atoms with Gasteiger partial charge in [-0.05, 0) is 179 Å². The highest BCUT2D eigenvalue weighted by molar-refractivity contribution is 6.02. The highest BCUT2D eigenvalue weighted by Crippen LogP contribution is 2.39. The SMILES string of the molecule is C=C(NC)C(CCC=O)N(C)C(C)c1cc(NCC)c(F)cc1C=O.CCC.CCNc1ccc(C(=O)OC(C)(C)C)cc1.CNC(=O)C(CCC=O)N1C(=O)c2cc(N3CCC(CN4CCN(c5ccc(C(=O)OC(C)(C)C)cc5)CC4)CC3)c(F)cc2C1O. The molecule has 0 saturated carbocycles. The van der Waals surface area contributed by atoms with Crippen molar-refractivity contribution in [2.75, 3.05) is 100 Å². The molecule has 91 heavy (non-hydrogen) atoms. The first-order valence-corrected chi connectivity index (χ1v) is 31.8. The number of esters is 2. The van der Waals surface area contributed by atoms with Crippen LogP contribution in [0.3, 0.4) is 0 Å². The molecule has 0 spiro atoms. The number of benzene rings is 4. The fourth-order valence-corrected chi connectivity index (χ4v) is 10.9. The van der Waals surface area contributed by atoms with Gasteiger partial charge >= 0.3 is 11.9 Å². The minimum absolute atomic E-state index is 0.0420. The lowest BCUT2D eigenvalue weighted by Crippen LogP contribution is -2.49. The Hall–Kier alpha value is -7.75. The predicted octanol–water partition coefficient (Wildman–Crippen LogP) is 11.0. The Kier molecular flexibility index (Phi) is 30.2. The zero-order valence-electron chi connectivity index (χ0n) is 56.2. The number of piperazine rings is 1. The van der Waals surface area contributed by atoms with Crippen LogP contribution < -0.4 is 31.1 Å². The molecule has 0 radical (unpaired) electrons. The highest BCUT2D eigenvalue weighted by atomic mass is 19.1. The minimum atomic E-state index is -1.47. The molecule has 0 aliphatic carbocycles. The number of carbonyl (C=O) groups is 7. The van der Waals surface area contributed by atoms with Gasteiger partial charge in [-0.15, -0.1) is 0 Å². The molecule has 7 rings (SSSR count). The summed E-state index contributed by atoms with van der Waals surface area (Å²) in [4.78, 5) is 92.9. The number of amides is 2. The van der Waals surface area contributed by atoms with Crippen molar-refractivity contribution < 1.29 is 56.9 Å². The van der Waals surface area contributed by atoms with Crippen molar-refractivity contribution in [3.05, 3.63) is 130 Å². The third-order valence-corrected chi connectivity index (χ3v) is 15.7. The molecule has 3 aliphatic rings. The van der Waals surface area contributed by atoms with Gasteiger partial charge in [-0.1, -0.05) is 26.8 Å². The summed E-state index contributed by atoms with van der Waals surface area (Å²) in [5.41, 5.74) is 5.08. The number of aliphatic hydroxyl groups excluding tert-OH is 1. The molecule has 4 aromatic rings. The van der Waals surface area contributed by atoms with E-state index in [1.807, 2.05) is 116 Å². The number of carbonyl (C=O) groups excluding carboxylic acids is 7. The average Bonchev–Trinajstić information content (AvgIpc) is 1.62. The summed E-state index contributed by atoms with van der Waals surface area (Å²) in [5, 5.41) is 22.6. The molecular weight excluding hydrogens is 1160 g/mol. The molecule has 500 valence electrons. The molecule has 3 aliphatic heterocycles. The van der Waals surface area contributed by atoms with E-state index in [0.717, 1.165) is 85.9 Å². The number of fused-ring (bicyclic) bond motifs is 1. The summed E-state index contributed by atoms with van der Waals surface area (Å²) in [5.74, 6) is -2.15. The normalized spacial score (nSPS) is 16.0. The van der Waals surface area contributed by atoms with Gasteiger partial charge in [0.15, 0.2) is 6.23 Å². The van der Waals surface area contributed by atoms with Crippen molar-refractivity contribution in [2.24, 2.45) is 5.92 Å². The molecule has 2 fully saturated rings. The zero-order chi connectivity index (χ0) is 67.8. The maximum Gasteiger partial charge on any atom is 0.338 e. The molecule has 19 nitrogen and oxygen atoms in total. The number of anilines is 4. The number of rotatable bonds is 24. The molecule has 5 N–H and O–H groups in total. The summed E-state index contributed by atoms with van der Waals surface area (Å²) in [6.45, 7) is 32.6. The summed E-state index contributed by atoms with van der Waals surface area (Å²) in [6, 6.07) is 19.2. The fourth-order valence-electron chi connectivity index (χ4n) is 10.9.